The first-order valence-corrected chi connectivity index (χ1v) is 27.0. The van der Waals surface area contributed by atoms with E-state index in [4.69, 9.17) is 14.2 Å². The molecule has 0 aromatic heterocycles. The van der Waals surface area contributed by atoms with Crippen molar-refractivity contribution in [1.29, 1.82) is 0 Å². The molecular formula is C56H102O6. The molecule has 62 heavy (non-hydrogen) atoms. The van der Waals surface area contributed by atoms with Crippen LogP contribution in [-0.4, -0.2) is 37.2 Å². The van der Waals surface area contributed by atoms with Crippen LogP contribution in [0.1, 0.15) is 284 Å². The maximum Gasteiger partial charge on any atom is 0.306 e. The average Bonchev–Trinajstić information content (AvgIpc) is 3.27. The zero-order valence-electron chi connectivity index (χ0n) is 41.4. The number of carbonyl (C=O) groups excluding carboxylic acids is 3. The second kappa shape index (κ2) is 51.3. The molecule has 6 nitrogen and oxygen atoms in total. The van der Waals surface area contributed by atoms with Gasteiger partial charge >= 0.3 is 17.9 Å². The van der Waals surface area contributed by atoms with Crippen LogP contribution in [-0.2, 0) is 28.6 Å². The Hall–Kier alpha value is -2.37. The molecule has 0 spiro atoms. The van der Waals surface area contributed by atoms with Crippen LogP contribution >= 0.6 is 0 Å². The van der Waals surface area contributed by atoms with Gasteiger partial charge in [-0.25, -0.2) is 0 Å². The van der Waals surface area contributed by atoms with Gasteiger partial charge in [-0.05, 0) is 70.6 Å². The highest BCUT2D eigenvalue weighted by molar-refractivity contribution is 5.71. The van der Waals surface area contributed by atoms with E-state index in [0.29, 0.717) is 19.3 Å². The molecule has 0 fully saturated rings. The van der Waals surface area contributed by atoms with Crippen molar-refractivity contribution in [2.75, 3.05) is 13.2 Å². The molecule has 1 unspecified atom stereocenters. The number of carbonyl (C=O) groups is 3. The van der Waals surface area contributed by atoms with Crippen molar-refractivity contribution < 1.29 is 28.6 Å². The quantitative estimate of drug-likeness (QED) is 0.0262. The maximum absolute atomic E-state index is 12.8. The molecule has 0 aromatic rings. The number of unbranched alkanes of at least 4 members (excludes halogenated alkanes) is 32. The predicted octanol–water partition coefficient (Wildman–Crippen LogP) is 17.7. The van der Waals surface area contributed by atoms with E-state index < -0.39 is 6.10 Å². The van der Waals surface area contributed by atoms with Crippen LogP contribution < -0.4 is 0 Å². The Bertz CT molecular complexity index is 1050. The summed E-state index contributed by atoms with van der Waals surface area (Å²) >= 11 is 0. The van der Waals surface area contributed by atoms with Gasteiger partial charge < -0.3 is 14.2 Å². The second-order valence-electron chi connectivity index (χ2n) is 18.1. The van der Waals surface area contributed by atoms with Crippen molar-refractivity contribution in [3.8, 4) is 0 Å². The summed E-state index contributed by atoms with van der Waals surface area (Å²) in [5.41, 5.74) is 0. The summed E-state index contributed by atoms with van der Waals surface area (Å²) in [4.78, 5) is 38.0. The zero-order valence-corrected chi connectivity index (χ0v) is 41.4. The van der Waals surface area contributed by atoms with Crippen LogP contribution in [0.2, 0.25) is 0 Å². The molecule has 0 heterocycles. The summed E-state index contributed by atoms with van der Waals surface area (Å²) in [5, 5.41) is 0. The molecule has 362 valence electrons. The largest absolute Gasteiger partial charge is 0.462 e. The van der Waals surface area contributed by atoms with Gasteiger partial charge in [-0.2, -0.15) is 0 Å². The van der Waals surface area contributed by atoms with Crippen molar-refractivity contribution in [1.82, 2.24) is 0 Å². The number of hydrogen-bond donors (Lipinski definition) is 0. The van der Waals surface area contributed by atoms with Crippen molar-refractivity contribution in [3.63, 3.8) is 0 Å². The van der Waals surface area contributed by atoms with Crippen molar-refractivity contribution in [2.24, 2.45) is 0 Å². The van der Waals surface area contributed by atoms with Crippen LogP contribution in [0.5, 0.6) is 0 Å². The van der Waals surface area contributed by atoms with Gasteiger partial charge in [0.05, 0.1) is 0 Å². The molecule has 6 heteroatoms. The monoisotopic (exact) mass is 871 g/mol. The lowest BCUT2D eigenvalue weighted by Gasteiger charge is -2.18. The van der Waals surface area contributed by atoms with Gasteiger partial charge in [0.1, 0.15) is 13.2 Å². The predicted molar refractivity (Wildman–Crippen MR) is 266 cm³/mol. The molecule has 0 rings (SSSR count). The van der Waals surface area contributed by atoms with Gasteiger partial charge in [-0.15, -0.1) is 0 Å². The Morgan fingerprint density at radius 2 is 0.629 bits per heavy atom. The number of rotatable bonds is 49. The van der Waals surface area contributed by atoms with E-state index in [0.717, 1.165) is 77.0 Å². The standard InChI is InChI=1S/C56H102O6/c1-4-7-10-13-16-19-22-25-27-28-29-32-34-37-40-43-46-49-55(58)61-52-53(51-60-54(57)48-45-42-39-36-33-30-24-21-18-15-12-9-6-3)62-56(59)50-47-44-41-38-35-31-26-23-20-17-14-11-8-5-2/h8,11,17,20,25,27,53H,4-7,9-10,12-16,18-19,21-24,26,28-52H2,1-3H3/b11-8-,20-17-,27-25-. The van der Waals surface area contributed by atoms with Gasteiger partial charge in [-0.3, -0.25) is 14.4 Å². The lowest BCUT2D eigenvalue weighted by molar-refractivity contribution is -0.167. The van der Waals surface area contributed by atoms with Crippen LogP contribution in [0.15, 0.2) is 36.5 Å². The van der Waals surface area contributed by atoms with Crippen LogP contribution in [0.4, 0.5) is 0 Å². The van der Waals surface area contributed by atoms with Crippen molar-refractivity contribution >= 4 is 17.9 Å². The highest BCUT2D eigenvalue weighted by Gasteiger charge is 2.19. The molecule has 0 N–H and O–H groups in total. The van der Waals surface area contributed by atoms with E-state index in [1.807, 2.05) is 0 Å². The summed E-state index contributed by atoms with van der Waals surface area (Å²) in [6.07, 6.45) is 59.8. The third-order valence-corrected chi connectivity index (χ3v) is 11.9. The first kappa shape index (κ1) is 59.6. The third-order valence-electron chi connectivity index (χ3n) is 11.9. The van der Waals surface area contributed by atoms with Gasteiger partial charge in [0.2, 0.25) is 0 Å². The smallest absolute Gasteiger partial charge is 0.306 e. The molecule has 0 aliphatic heterocycles. The van der Waals surface area contributed by atoms with E-state index in [2.05, 4.69) is 57.2 Å². The Morgan fingerprint density at radius 3 is 0.984 bits per heavy atom. The molecule has 1 atom stereocenters. The SMILES string of the molecule is CC/C=C\C/C=C\CCCCCCCCCC(=O)OC(COC(=O)CCCCCCCCC/C=C\CCCCCCCC)COC(=O)CCCCCCCCCCCCCCC. The first-order valence-electron chi connectivity index (χ1n) is 27.0. The molecule has 0 aromatic carbocycles. The third kappa shape index (κ3) is 48.7. The topological polar surface area (TPSA) is 78.9 Å². The average molecular weight is 871 g/mol. The lowest BCUT2D eigenvalue weighted by atomic mass is 10.0. The molecule has 0 saturated heterocycles. The summed E-state index contributed by atoms with van der Waals surface area (Å²) in [5.74, 6) is -0.874. The molecule has 0 amide bonds. The van der Waals surface area contributed by atoms with E-state index in [1.54, 1.807) is 0 Å². The fourth-order valence-electron chi connectivity index (χ4n) is 7.83. The second-order valence-corrected chi connectivity index (χ2v) is 18.1. The highest BCUT2D eigenvalue weighted by Crippen LogP contribution is 2.16. The van der Waals surface area contributed by atoms with E-state index in [-0.39, 0.29) is 31.1 Å². The Morgan fingerprint density at radius 1 is 0.339 bits per heavy atom. The van der Waals surface area contributed by atoms with Gasteiger partial charge in [0.15, 0.2) is 6.10 Å². The number of esters is 3. The Labute approximate surface area is 385 Å². The molecule has 0 radical (unpaired) electrons. The summed E-state index contributed by atoms with van der Waals surface area (Å²) in [6, 6.07) is 0. The van der Waals surface area contributed by atoms with Crippen molar-refractivity contribution in [2.45, 2.75) is 290 Å². The van der Waals surface area contributed by atoms with Crippen LogP contribution in [0.3, 0.4) is 0 Å². The zero-order chi connectivity index (χ0) is 45.1. The lowest BCUT2D eigenvalue weighted by Crippen LogP contribution is -2.30. The molecule has 0 aliphatic carbocycles. The summed E-state index contributed by atoms with van der Waals surface area (Å²) in [7, 11) is 0. The fourth-order valence-corrected chi connectivity index (χ4v) is 7.83. The minimum absolute atomic E-state index is 0.0736. The van der Waals surface area contributed by atoms with Crippen LogP contribution in [0.25, 0.3) is 0 Å². The van der Waals surface area contributed by atoms with Gasteiger partial charge in [-0.1, -0.05) is 231 Å². The van der Waals surface area contributed by atoms with E-state index in [1.165, 1.54) is 167 Å². The molecule has 0 bridgehead atoms. The molecule has 0 aliphatic rings. The first-order chi connectivity index (χ1) is 30.5. The van der Waals surface area contributed by atoms with Crippen LogP contribution in [0, 0.1) is 0 Å². The normalized spacial score (nSPS) is 12.2. The highest BCUT2D eigenvalue weighted by atomic mass is 16.6. The van der Waals surface area contributed by atoms with Gasteiger partial charge in [0, 0.05) is 19.3 Å². The summed E-state index contributed by atoms with van der Waals surface area (Å²) < 4.78 is 16.8. The number of ether oxygens (including phenoxy) is 3. The summed E-state index contributed by atoms with van der Waals surface area (Å²) in [6.45, 7) is 6.55. The molecular weight excluding hydrogens is 769 g/mol. The fraction of sp³-hybridized carbons (Fsp3) is 0.839. The molecule has 0 saturated carbocycles. The number of allylic oxidation sites excluding steroid dienone is 6. The Balaban J connectivity index is 4.34. The Kier molecular flexibility index (Phi) is 49.3. The minimum atomic E-state index is -0.774. The van der Waals surface area contributed by atoms with Crippen molar-refractivity contribution in [3.05, 3.63) is 36.5 Å². The van der Waals surface area contributed by atoms with E-state index >= 15 is 0 Å². The number of hydrogen-bond acceptors (Lipinski definition) is 6. The van der Waals surface area contributed by atoms with Gasteiger partial charge in [0.25, 0.3) is 0 Å². The minimum Gasteiger partial charge on any atom is -0.462 e. The maximum atomic E-state index is 12.8. The van der Waals surface area contributed by atoms with E-state index in [9.17, 15) is 14.4 Å².